The topological polar surface area (TPSA) is 55.9 Å². The smallest absolute Gasteiger partial charge is 0.338 e. The molecule has 1 heterocycles. The van der Waals surface area contributed by atoms with E-state index < -0.39 is 30.7 Å². The van der Waals surface area contributed by atoms with Crippen LogP contribution in [0.4, 0.5) is 26.3 Å². The predicted octanol–water partition coefficient (Wildman–Crippen LogP) is 1.54. The number of hydrazine groups is 1. The van der Waals surface area contributed by atoms with E-state index in [1.165, 1.54) is 24.0 Å². The van der Waals surface area contributed by atoms with Crippen molar-refractivity contribution >= 4 is 0 Å². The Balaban J connectivity index is 3.01. The van der Waals surface area contributed by atoms with Crippen LogP contribution in [-0.2, 0) is 13.5 Å². The van der Waals surface area contributed by atoms with Crippen LogP contribution in [0.25, 0.3) is 0 Å². The van der Waals surface area contributed by atoms with Gasteiger partial charge in [-0.1, -0.05) is 0 Å². The van der Waals surface area contributed by atoms with Crippen molar-refractivity contribution in [1.82, 2.24) is 15.0 Å². The molecule has 0 bridgehead atoms. The van der Waals surface area contributed by atoms with Crippen molar-refractivity contribution in [2.45, 2.75) is 24.8 Å². The molecule has 19 heavy (non-hydrogen) atoms. The first-order valence-electron chi connectivity index (χ1n) is 5.13. The Hall–Kier alpha value is -1.29. The molecule has 0 fully saturated rings. The normalized spacial score (nSPS) is 15.0. The highest BCUT2D eigenvalue weighted by Crippen LogP contribution is 2.41. The molecule has 0 saturated heterocycles. The van der Waals surface area contributed by atoms with Crippen molar-refractivity contribution in [3.8, 4) is 0 Å². The monoisotopic (exact) mass is 290 g/mol. The number of rotatable bonds is 4. The number of aromatic nitrogens is 2. The van der Waals surface area contributed by atoms with Gasteiger partial charge in [-0.05, 0) is 0 Å². The number of nitrogens with one attached hydrogen (secondary N) is 1. The average Bonchev–Trinajstić information content (AvgIpc) is 2.59. The van der Waals surface area contributed by atoms with Gasteiger partial charge in [0.25, 0.3) is 0 Å². The Morgan fingerprint density at radius 3 is 2.11 bits per heavy atom. The summed E-state index contributed by atoms with van der Waals surface area (Å²) in [4.78, 5) is 3.68. The molecule has 0 spiro atoms. The Morgan fingerprint density at radius 2 is 1.79 bits per heavy atom. The lowest BCUT2D eigenvalue weighted by molar-refractivity contribution is -0.291. The van der Waals surface area contributed by atoms with Gasteiger partial charge in [0, 0.05) is 31.9 Å². The fourth-order valence-corrected chi connectivity index (χ4v) is 1.70. The van der Waals surface area contributed by atoms with Gasteiger partial charge in [0.15, 0.2) is 5.92 Å². The van der Waals surface area contributed by atoms with Crippen molar-refractivity contribution in [2.24, 2.45) is 18.8 Å². The molecular formula is C9H12F6N4. The van der Waals surface area contributed by atoms with Crippen LogP contribution < -0.4 is 11.3 Å². The fraction of sp³-hybridized carbons (Fsp3) is 0.667. The molecule has 1 atom stereocenters. The van der Waals surface area contributed by atoms with Gasteiger partial charge in [-0.25, -0.2) is 4.98 Å². The van der Waals surface area contributed by atoms with Gasteiger partial charge in [-0.3, -0.25) is 11.3 Å². The lowest BCUT2D eigenvalue weighted by Gasteiger charge is -2.29. The molecule has 3 N–H and O–H groups in total. The number of aryl methyl sites for hydroxylation is 1. The Bertz CT molecular complexity index is 396. The molecule has 0 aliphatic heterocycles. The molecule has 1 aromatic heterocycles. The second-order valence-corrected chi connectivity index (χ2v) is 3.99. The first kappa shape index (κ1) is 15.8. The van der Waals surface area contributed by atoms with Crippen LogP contribution in [0.15, 0.2) is 12.4 Å². The van der Waals surface area contributed by atoms with E-state index in [4.69, 9.17) is 5.84 Å². The third-order valence-electron chi connectivity index (χ3n) is 2.65. The highest BCUT2D eigenvalue weighted by molar-refractivity contribution is 4.98. The van der Waals surface area contributed by atoms with Crippen LogP contribution >= 0.6 is 0 Å². The zero-order valence-corrected chi connectivity index (χ0v) is 9.76. The Kier molecular flexibility index (Phi) is 4.46. The van der Waals surface area contributed by atoms with Gasteiger partial charge in [-0.15, -0.1) is 0 Å². The SMILES string of the molecule is Cn1ccnc1CC(NN)C(C(F)(F)F)C(F)(F)F. The summed E-state index contributed by atoms with van der Waals surface area (Å²) in [7, 11) is 1.46. The number of halogens is 6. The zero-order chi connectivity index (χ0) is 14.8. The van der Waals surface area contributed by atoms with E-state index in [1.54, 1.807) is 5.43 Å². The molecule has 0 aromatic carbocycles. The molecule has 110 valence electrons. The highest BCUT2D eigenvalue weighted by atomic mass is 19.4. The number of alkyl halides is 6. The summed E-state index contributed by atoms with van der Waals surface area (Å²) >= 11 is 0. The quantitative estimate of drug-likeness (QED) is 0.502. The van der Waals surface area contributed by atoms with Crippen LogP contribution in [-0.4, -0.2) is 27.9 Å². The lowest BCUT2D eigenvalue weighted by atomic mass is 9.95. The molecule has 1 aromatic rings. The van der Waals surface area contributed by atoms with E-state index in [9.17, 15) is 26.3 Å². The highest BCUT2D eigenvalue weighted by Gasteiger charge is 2.60. The van der Waals surface area contributed by atoms with Crippen molar-refractivity contribution in [3.63, 3.8) is 0 Å². The molecule has 1 rings (SSSR count). The van der Waals surface area contributed by atoms with E-state index in [1.807, 2.05) is 0 Å². The molecule has 1 unspecified atom stereocenters. The van der Waals surface area contributed by atoms with E-state index in [2.05, 4.69) is 4.98 Å². The fourth-order valence-electron chi connectivity index (χ4n) is 1.70. The van der Waals surface area contributed by atoms with Gasteiger partial charge in [0.2, 0.25) is 0 Å². The summed E-state index contributed by atoms with van der Waals surface area (Å²) < 4.78 is 76.6. The lowest BCUT2D eigenvalue weighted by Crippen LogP contribution is -2.54. The minimum atomic E-state index is -5.44. The standard InChI is InChI=1S/C9H12F6N4/c1-19-3-2-17-6(19)4-5(18-16)7(8(10,11)12)9(13,14)15/h2-3,5,7,18H,4,16H2,1H3. The van der Waals surface area contributed by atoms with E-state index >= 15 is 0 Å². The second kappa shape index (κ2) is 5.37. The summed E-state index contributed by atoms with van der Waals surface area (Å²) in [5.41, 5.74) is 1.59. The first-order chi connectivity index (χ1) is 8.57. The van der Waals surface area contributed by atoms with Gasteiger partial charge in [0.1, 0.15) is 5.82 Å². The number of hydrogen-bond acceptors (Lipinski definition) is 3. The number of nitrogens with two attached hydrogens (primary N) is 1. The summed E-state index contributed by atoms with van der Waals surface area (Å²) in [6.07, 6.45) is -8.79. The molecule has 4 nitrogen and oxygen atoms in total. The molecule has 0 radical (unpaired) electrons. The third-order valence-corrected chi connectivity index (χ3v) is 2.65. The summed E-state index contributed by atoms with van der Waals surface area (Å²) in [5, 5.41) is 0. The minimum absolute atomic E-state index is 0.0708. The Morgan fingerprint density at radius 1 is 1.26 bits per heavy atom. The maximum Gasteiger partial charge on any atom is 0.402 e. The van der Waals surface area contributed by atoms with Crippen LogP contribution in [0, 0.1) is 5.92 Å². The minimum Gasteiger partial charge on any atom is -0.338 e. The summed E-state index contributed by atoms with van der Waals surface area (Å²) in [6, 6.07) is -2.04. The van der Waals surface area contributed by atoms with Crippen molar-refractivity contribution in [1.29, 1.82) is 0 Å². The molecular weight excluding hydrogens is 278 g/mol. The number of hydrogen-bond donors (Lipinski definition) is 2. The van der Waals surface area contributed by atoms with Crippen LogP contribution in [0.5, 0.6) is 0 Å². The van der Waals surface area contributed by atoms with E-state index in [0.717, 1.165) is 0 Å². The maximum atomic E-state index is 12.5. The molecule has 0 amide bonds. The van der Waals surface area contributed by atoms with E-state index in [-0.39, 0.29) is 5.82 Å². The van der Waals surface area contributed by atoms with Crippen molar-refractivity contribution in [2.75, 3.05) is 0 Å². The van der Waals surface area contributed by atoms with Gasteiger partial charge in [0.05, 0.1) is 0 Å². The molecule has 0 aliphatic rings. The van der Waals surface area contributed by atoms with Crippen LogP contribution in [0.1, 0.15) is 5.82 Å². The Labute approximate surface area is 104 Å². The molecule has 0 aliphatic carbocycles. The first-order valence-corrected chi connectivity index (χ1v) is 5.13. The predicted molar refractivity (Wildman–Crippen MR) is 53.6 cm³/mol. The van der Waals surface area contributed by atoms with Crippen LogP contribution in [0.2, 0.25) is 0 Å². The molecule has 0 saturated carbocycles. The van der Waals surface area contributed by atoms with Gasteiger partial charge >= 0.3 is 12.4 Å². The summed E-state index contributed by atoms with van der Waals surface area (Å²) in [5.74, 6) is 1.36. The van der Waals surface area contributed by atoms with Gasteiger partial charge < -0.3 is 4.57 Å². The van der Waals surface area contributed by atoms with Crippen molar-refractivity contribution < 1.29 is 26.3 Å². The second-order valence-electron chi connectivity index (χ2n) is 3.99. The average molecular weight is 290 g/mol. The largest absolute Gasteiger partial charge is 0.402 e. The maximum absolute atomic E-state index is 12.5. The molecule has 10 heteroatoms. The number of nitrogens with zero attached hydrogens (tertiary/aromatic N) is 2. The van der Waals surface area contributed by atoms with Crippen molar-refractivity contribution in [3.05, 3.63) is 18.2 Å². The van der Waals surface area contributed by atoms with E-state index in [0.29, 0.717) is 0 Å². The zero-order valence-electron chi connectivity index (χ0n) is 9.76. The third kappa shape index (κ3) is 3.83. The van der Waals surface area contributed by atoms with Gasteiger partial charge in [-0.2, -0.15) is 26.3 Å². The number of imidazole rings is 1. The summed E-state index contributed by atoms with van der Waals surface area (Å²) in [6.45, 7) is 0. The van der Waals surface area contributed by atoms with Crippen LogP contribution in [0.3, 0.4) is 0 Å².